The highest BCUT2D eigenvalue weighted by molar-refractivity contribution is 5.80. The maximum Gasteiger partial charge on any atom is 0.234 e. The standard InChI is InChI=1S/C8H17N3O/c9-4-2-6-11-5-1-3-7(11)8(10)12/h7H,1-6,9H2,(H2,10,12)/t7-/m0/s1. The second kappa shape index (κ2) is 4.42. The molecule has 0 aromatic heterocycles. The highest BCUT2D eigenvalue weighted by Crippen LogP contribution is 2.16. The van der Waals surface area contributed by atoms with E-state index in [0.717, 1.165) is 32.4 Å². The zero-order valence-electron chi connectivity index (χ0n) is 7.33. The van der Waals surface area contributed by atoms with Gasteiger partial charge in [-0.3, -0.25) is 9.69 Å². The molecular formula is C8H17N3O. The van der Waals surface area contributed by atoms with Gasteiger partial charge in [0.2, 0.25) is 5.91 Å². The summed E-state index contributed by atoms with van der Waals surface area (Å²) in [5.41, 5.74) is 10.6. The molecule has 70 valence electrons. The maximum absolute atomic E-state index is 10.9. The minimum absolute atomic E-state index is 0.0310. The first kappa shape index (κ1) is 9.48. The Hall–Kier alpha value is -0.610. The Morgan fingerprint density at radius 1 is 1.58 bits per heavy atom. The normalized spacial score (nSPS) is 24.6. The molecule has 0 aromatic carbocycles. The van der Waals surface area contributed by atoms with Crippen LogP contribution in [0.2, 0.25) is 0 Å². The molecule has 1 saturated heterocycles. The number of carbonyl (C=O) groups excluding carboxylic acids is 1. The molecule has 4 N–H and O–H groups in total. The zero-order chi connectivity index (χ0) is 8.97. The molecule has 4 heteroatoms. The Morgan fingerprint density at radius 2 is 2.33 bits per heavy atom. The molecule has 4 nitrogen and oxygen atoms in total. The molecule has 1 aliphatic rings. The van der Waals surface area contributed by atoms with Gasteiger partial charge < -0.3 is 11.5 Å². The molecule has 1 heterocycles. The predicted octanol–water partition coefficient (Wildman–Crippen LogP) is -0.715. The summed E-state index contributed by atoms with van der Waals surface area (Å²) in [6.45, 7) is 2.58. The van der Waals surface area contributed by atoms with Gasteiger partial charge in [-0.1, -0.05) is 0 Å². The van der Waals surface area contributed by atoms with Crippen molar-refractivity contribution in [2.75, 3.05) is 19.6 Å². The van der Waals surface area contributed by atoms with Gasteiger partial charge in [-0.2, -0.15) is 0 Å². The molecule has 0 radical (unpaired) electrons. The van der Waals surface area contributed by atoms with E-state index in [1.807, 2.05) is 0 Å². The molecule has 1 fully saturated rings. The SMILES string of the molecule is NCCCN1CCC[C@H]1C(N)=O. The van der Waals surface area contributed by atoms with Gasteiger partial charge in [0.15, 0.2) is 0 Å². The number of carbonyl (C=O) groups is 1. The van der Waals surface area contributed by atoms with Crippen LogP contribution in [-0.4, -0.2) is 36.5 Å². The molecule has 12 heavy (non-hydrogen) atoms. The van der Waals surface area contributed by atoms with E-state index >= 15 is 0 Å². The van der Waals surface area contributed by atoms with E-state index < -0.39 is 0 Å². The van der Waals surface area contributed by atoms with Crippen molar-refractivity contribution in [3.63, 3.8) is 0 Å². The monoisotopic (exact) mass is 171 g/mol. The fourth-order valence-electron chi connectivity index (χ4n) is 1.71. The number of amides is 1. The van der Waals surface area contributed by atoms with E-state index in [1.165, 1.54) is 0 Å². The van der Waals surface area contributed by atoms with Crippen molar-refractivity contribution in [3.05, 3.63) is 0 Å². The van der Waals surface area contributed by atoms with Crippen molar-refractivity contribution in [2.24, 2.45) is 11.5 Å². The van der Waals surface area contributed by atoms with E-state index in [0.29, 0.717) is 6.54 Å². The molecule has 0 aliphatic carbocycles. The van der Waals surface area contributed by atoms with Crippen molar-refractivity contribution in [2.45, 2.75) is 25.3 Å². The minimum atomic E-state index is -0.190. The molecule has 1 atom stereocenters. The van der Waals surface area contributed by atoms with Crippen molar-refractivity contribution in [1.82, 2.24) is 4.90 Å². The van der Waals surface area contributed by atoms with Crippen LogP contribution in [0.15, 0.2) is 0 Å². The van der Waals surface area contributed by atoms with Crippen LogP contribution in [0.4, 0.5) is 0 Å². The summed E-state index contributed by atoms with van der Waals surface area (Å²) >= 11 is 0. The first-order valence-electron chi connectivity index (χ1n) is 4.49. The van der Waals surface area contributed by atoms with Gasteiger partial charge >= 0.3 is 0 Å². The second-order valence-electron chi connectivity index (χ2n) is 3.24. The number of rotatable bonds is 4. The summed E-state index contributed by atoms with van der Waals surface area (Å²) in [5.74, 6) is -0.190. The molecule has 0 bridgehead atoms. The number of hydrogen-bond acceptors (Lipinski definition) is 3. The van der Waals surface area contributed by atoms with Crippen LogP contribution in [-0.2, 0) is 4.79 Å². The fraction of sp³-hybridized carbons (Fsp3) is 0.875. The summed E-state index contributed by atoms with van der Waals surface area (Å²) in [6, 6.07) is -0.0310. The highest BCUT2D eigenvalue weighted by Gasteiger charge is 2.27. The number of primary amides is 1. The van der Waals surface area contributed by atoms with Gasteiger partial charge in [0, 0.05) is 6.54 Å². The number of nitrogens with zero attached hydrogens (tertiary/aromatic N) is 1. The van der Waals surface area contributed by atoms with E-state index in [2.05, 4.69) is 4.90 Å². The van der Waals surface area contributed by atoms with E-state index in [-0.39, 0.29) is 11.9 Å². The molecule has 1 amide bonds. The number of nitrogens with two attached hydrogens (primary N) is 2. The molecule has 0 unspecified atom stereocenters. The molecule has 0 saturated carbocycles. The lowest BCUT2D eigenvalue weighted by atomic mass is 10.2. The average Bonchev–Trinajstić information content (AvgIpc) is 2.48. The summed E-state index contributed by atoms with van der Waals surface area (Å²) in [6.07, 6.45) is 2.95. The van der Waals surface area contributed by atoms with E-state index in [9.17, 15) is 4.79 Å². The molecule has 0 spiro atoms. The summed E-state index contributed by atoms with van der Waals surface area (Å²) in [7, 11) is 0. The molecular weight excluding hydrogens is 154 g/mol. The lowest BCUT2D eigenvalue weighted by molar-refractivity contribution is -0.122. The Kier molecular flexibility index (Phi) is 3.49. The Balaban J connectivity index is 2.35. The van der Waals surface area contributed by atoms with Gasteiger partial charge in [0.05, 0.1) is 6.04 Å². The fourth-order valence-corrected chi connectivity index (χ4v) is 1.71. The smallest absolute Gasteiger partial charge is 0.234 e. The van der Waals surface area contributed by atoms with Crippen LogP contribution in [0.25, 0.3) is 0 Å². The first-order chi connectivity index (χ1) is 5.75. The summed E-state index contributed by atoms with van der Waals surface area (Å²) in [5, 5.41) is 0. The van der Waals surface area contributed by atoms with Crippen LogP contribution >= 0.6 is 0 Å². The minimum Gasteiger partial charge on any atom is -0.368 e. The molecule has 1 aliphatic heterocycles. The third kappa shape index (κ3) is 2.19. The van der Waals surface area contributed by atoms with Gasteiger partial charge in [0.25, 0.3) is 0 Å². The summed E-state index contributed by atoms with van der Waals surface area (Å²) < 4.78 is 0. The quantitative estimate of drug-likeness (QED) is 0.586. The van der Waals surface area contributed by atoms with Gasteiger partial charge in [0.1, 0.15) is 0 Å². The largest absolute Gasteiger partial charge is 0.368 e. The molecule has 1 rings (SSSR count). The average molecular weight is 171 g/mol. The number of likely N-dealkylation sites (tertiary alicyclic amines) is 1. The lowest BCUT2D eigenvalue weighted by Gasteiger charge is -2.20. The van der Waals surface area contributed by atoms with Crippen molar-refractivity contribution in [3.8, 4) is 0 Å². The van der Waals surface area contributed by atoms with Crippen LogP contribution in [0.3, 0.4) is 0 Å². The van der Waals surface area contributed by atoms with Crippen molar-refractivity contribution < 1.29 is 4.79 Å². The van der Waals surface area contributed by atoms with Gasteiger partial charge in [-0.05, 0) is 32.4 Å². The van der Waals surface area contributed by atoms with E-state index in [1.54, 1.807) is 0 Å². The van der Waals surface area contributed by atoms with Gasteiger partial charge in [-0.15, -0.1) is 0 Å². The highest BCUT2D eigenvalue weighted by atomic mass is 16.1. The van der Waals surface area contributed by atoms with E-state index in [4.69, 9.17) is 11.5 Å². The third-order valence-electron chi connectivity index (χ3n) is 2.34. The van der Waals surface area contributed by atoms with Crippen molar-refractivity contribution in [1.29, 1.82) is 0 Å². The summed E-state index contributed by atoms with van der Waals surface area (Å²) in [4.78, 5) is 13.1. The Morgan fingerprint density at radius 3 is 2.92 bits per heavy atom. The number of hydrogen-bond donors (Lipinski definition) is 2. The second-order valence-corrected chi connectivity index (χ2v) is 3.24. The Labute approximate surface area is 72.9 Å². The van der Waals surface area contributed by atoms with Crippen LogP contribution in [0.1, 0.15) is 19.3 Å². The van der Waals surface area contributed by atoms with Crippen LogP contribution in [0.5, 0.6) is 0 Å². The van der Waals surface area contributed by atoms with Crippen molar-refractivity contribution >= 4 is 5.91 Å². The Bertz CT molecular complexity index is 160. The first-order valence-corrected chi connectivity index (χ1v) is 4.49. The van der Waals surface area contributed by atoms with Crippen LogP contribution in [0, 0.1) is 0 Å². The van der Waals surface area contributed by atoms with Gasteiger partial charge in [-0.25, -0.2) is 0 Å². The molecule has 0 aromatic rings. The third-order valence-corrected chi connectivity index (χ3v) is 2.34. The predicted molar refractivity (Wildman–Crippen MR) is 47.5 cm³/mol. The zero-order valence-corrected chi connectivity index (χ0v) is 7.33. The lowest BCUT2D eigenvalue weighted by Crippen LogP contribution is -2.41. The van der Waals surface area contributed by atoms with Crippen LogP contribution < -0.4 is 11.5 Å². The maximum atomic E-state index is 10.9. The topological polar surface area (TPSA) is 72.3 Å².